The van der Waals surface area contributed by atoms with Crippen LogP contribution in [-0.2, 0) is 9.53 Å². The molecule has 8 heteroatoms. The Balaban J connectivity index is 1.91. The Bertz CT molecular complexity index is 800. The van der Waals surface area contributed by atoms with Gasteiger partial charge in [0.05, 0.1) is 5.56 Å². The van der Waals surface area contributed by atoms with E-state index in [1.807, 2.05) is 6.26 Å². The molecular formula is C14H12ClN3O3S. The van der Waals surface area contributed by atoms with Crippen molar-refractivity contribution in [3.63, 3.8) is 0 Å². The molecule has 0 aliphatic heterocycles. The number of ketones is 1. The van der Waals surface area contributed by atoms with Gasteiger partial charge in [-0.1, -0.05) is 23.4 Å². The highest BCUT2D eigenvalue weighted by molar-refractivity contribution is 7.98. The van der Waals surface area contributed by atoms with Crippen LogP contribution in [0.5, 0.6) is 0 Å². The Morgan fingerprint density at radius 2 is 2.23 bits per heavy atom. The van der Waals surface area contributed by atoms with Crippen molar-refractivity contribution in [3.8, 4) is 0 Å². The number of carbonyl (C=O) groups excluding carboxylic acids is 2. The van der Waals surface area contributed by atoms with E-state index in [0.717, 1.165) is 0 Å². The predicted octanol–water partition coefficient (Wildman–Crippen LogP) is 2.90. The van der Waals surface area contributed by atoms with Crippen LogP contribution in [0, 0.1) is 0 Å². The minimum atomic E-state index is -0.595. The summed E-state index contributed by atoms with van der Waals surface area (Å²) in [4.78, 5) is 23.6. The number of rotatable bonds is 3. The van der Waals surface area contributed by atoms with Crippen LogP contribution in [0.1, 0.15) is 29.6 Å². The maximum absolute atomic E-state index is 12.2. The van der Waals surface area contributed by atoms with Gasteiger partial charge >= 0.3 is 5.97 Å². The molecule has 22 heavy (non-hydrogen) atoms. The van der Waals surface area contributed by atoms with Gasteiger partial charge in [-0.25, -0.2) is 4.79 Å². The van der Waals surface area contributed by atoms with Crippen molar-refractivity contribution < 1.29 is 14.3 Å². The second-order valence-corrected chi connectivity index (χ2v) is 5.90. The molecule has 2 aromatic heterocycles. The first-order valence-electron chi connectivity index (χ1n) is 6.63. The Kier molecular flexibility index (Phi) is 4.17. The third-order valence-electron chi connectivity index (χ3n) is 3.28. The monoisotopic (exact) mass is 337 g/mol. The first kappa shape index (κ1) is 15.1. The van der Waals surface area contributed by atoms with E-state index in [1.165, 1.54) is 17.8 Å². The van der Waals surface area contributed by atoms with Crippen LogP contribution in [0.25, 0.3) is 5.65 Å². The lowest BCUT2D eigenvalue weighted by Gasteiger charge is -2.12. The van der Waals surface area contributed by atoms with Crippen LogP contribution in [0.3, 0.4) is 0 Å². The van der Waals surface area contributed by atoms with E-state index in [4.69, 9.17) is 16.3 Å². The van der Waals surface area contributed by atoms with Crippen molar-refractivity contribution in [1.29, 1.82) is 0 Å². The lowest BCUT2D eigenvalue weighted by atomic mass is 10.1. The quantitative estimate of drug-likeness (QED) is 0.633. The zero-order valence-electron chi connectivity index (χ0n) is 11.7. The van der Waals surface area contributed by atoms with Crippen molar-refractivity contribution in [1.82, 2.24) is 14.6 Å². The minimum absolute atomic E-state index is 0.0299. The van der Waals surface area contributed by atoms with Gasteiger partial charge in [0, 0.05) is 25.1 Å². The number of esters is 1. The standard InChI is InChI=1S/C14H12ClN3O3S/c1-22-14-17-16-12-11(15)10(5-6-18(12)14)13(20)21-9-4-2-3-8(19)7-9/h5-7H,2-4H2,1H3. The van der Waals surface area contributed by atoms with Gasteiger partial charge in [-0.15, -0.1) is 10.2 Å². The number of hydrogen-bond donors (Lipinski definition) is 0. The van der Waals surface area contributed by atoms with Crippen LogP contribution >= 0.6 is 23.4 Å². The fourth-order valence-corrected chi connectivity index (χ4v) is 2.95. The Labute approximate surface area is 135 Å². The summed E-state index contributed by atoms with van der Waals surface area (Å²) in [5.41, 5.74) is 0.599. The molecule has 3 rings (SSSR count). The number of hydrogen-bond acceptors (Lipinski definition) is 6. The van der Waals surface area contributed by atoms with E-state index >= 15 is 0 Å². The largest absolute Gasteiger partial charge is 0.427 e. The zero-order valence-corrected chi connectivity index (χ0v) is 13.3. The molecule has 0 saturated heterocycles. The second kappa shape index (κ2) is 6.10. The van der Waals surface area contributed by atoms with E-state index in [2.05, 4.69) is 10.2 Å². The van der Waals surface area contributed by atoms with Crippen molar-refractivity contribution in [2.24, 2.45) is 0 Å². The predicted molar refractivity (Wildman–Crippen MR) is 82.1 cm³/mol. The SMILES string of the molecule is CSc1nnc2c(Cl)c(C(=O)OC3=CC(=O)CCC3)ccn12. The highest BCUT2D eigenvalue weighted by Gasteiger charge is 2.20. The van der Waals surface area contributed by atoms with E-state index in [0.29, 0.717) is 35.8 Å². The molecule has 1 aliphatic rings. The summed E-state index contributed by atoms with van der Waals surface area (Å²) < 4.78 is 6.97. The number of thioether (sulfide) groups is 1. The Morgan fingerprint density at radius 3 is 2.95 bits per heavy atom. The molecule has 0 bridgehead atoms. The molecule has 2 heterocycles. The number of pyridine rings is 1. The fraction of sp³-hybridized carbons (Fsp3) is 0.286. The van der Waals surface area contributed by atoms with Gasteiger partial charge < -0.3 is 4.74 Å². The van der Waals surface area contributed by atoms with E-state index in [-0.39, 0.29) is 16.4 Å². The zero-order chi connectivity index (χ0) is 15.7. The fourth-order valence-electron chi connectivity index (χ4n) is 2.22. The normalized spacial score (nSPS) is 15.0. The molecule has 2 aromatic rings. The van der Waals surface area contributed by atoms with Crippen molar-refractivity contribution in [3.05, 3.63) is 34.7 Å². The number of aromatic nitrogens is 3. The summed E-state index contributed by atoms with van der Waals surface area (Å²) in [6.45, 7) is 0. The van der Waals surface area contributed by atoms with Crippen LogP contribution < -0.4 is 0 Å². The van der Waals surface area contributed by atoms with E-state index in [1.54, 1.807) is 16.7 Å². The lowest BCUT2D eigenvalue weighted by molar-refractivity contribution is -0.115. The van der Waals surface area contributed by atoms with Crippen LogP contribution in [-0.4, -0.2) is 32.6 Å². The molecule has 0 unspecified atom stereocenters. The first-order chi connectivity index (χ1) is 10.6. The van der Waals surface area contributed by atoms with Gasteiger partial charge in [0.25, 0.3) is 0 Å². The van der Waals surface area contributed by atoms with Crippen molar-refractivity contribution in [2.45, 2.75) is 24.4 Å². The van der Waals surface area contributed by atoms with E-state index in [9.17, 15) is 9.59 Å². The summed E-state index contributed by atoms with van der Waals surface area (Å²) >= 11 is 7.66. The van der Waals surface area contributed by atoms with Gasteiger partial charge in [-0.05, 0) is 18.7 Å². The average molecular weight is 338 g/mol. The van der Waals surface area contributed by atoms with Crippen LogP contribution in [0.15, 0.2) is 29.3 Å². The van der Waals surface area contributed by atoms with Gasteiger partial charge in [0.15, 0.2) is 16.6 Å². The van der Waals surface area contributed by atoms with Gasteiger partial charge in [-0.3, -0.25) is 9.20 Å². The third-order valence-corrected chi connectivity index (χ3v) is 4.30. The number of nitrogens with zero attached hydrogens (tertiary/aromatic N) is 3. The molecule has 0 amide bonds. The number of carbonyl (C=O) groups is 2. The first-order valence-corrected chi connectivity index (χ1v) is 8.23. The number of ether oxygens (including phenoxy) is 1. The molecule has 0 N–H and O–H groups in total. The molecule has 0 atom stereocenters. The highest BCUT2D eigenvalue weighted by atomic mass is 35.5. The lowest BCUT2D eigenvalue weighted by Crippen LogP contribution is -2.11. The van der Waals surface area contributed by atoms with Gasteiger partial charge in [0.1, 0.15) is 10.8 Å². The molecule has 0 radical (unpaired) electrons. The molecule has 0 fully saturated rings. The molecule has 0 aromatic carbocycles. The molecule has 1 aliphatic carbocycles. The maximum atomic E-state index is 12.2. The number of allylic oxidation sites excluding steroid dienone is 2. The molecule has 6 nitrogen and oxygen atoms in total. The Hall–Kier alpha value is -1.86. The van der Waals surface area contributed by atoms with Crippen molar-refractivity contribution in [2.75, 3.05) is 6.26 Å². The van der Waals surface area contributed by atoms with Crippen LogP contribution in [0.4, 0.5) is 0 Å². The summed E-state index contributed by atoms with van der Waals surface area (Å²) in [6.07, 6.45) is 6.66. The van der Waals surface area contributed by atoms with Gasteiger partial charge in [0.2, 0.25) is 0 Å². The summed E-state index contributed by atoms with van der Waals surface area (Å²) in [7, 11) is 0. The number of fused-ring (bicyclic) bond motifs is 1. The highest BCUT2D eigenvalue weighted by Crippen LogP contribution is 2.26. The van der Waals surface area contributed by atoms with Crippen LogP contribution in [0.2, 0.25) is 5.02 Å². The second-order valence-electron chi connectivity index (χ2n) is 4.74. The van der Waals surface area contributed by atoms with E-state index < -0.39 is 5.97 Å². The summed E-state index contributed by atoms with van der Waals surface area (Å²) in [5.74, 6) is -0.247. The molecular weight excluding hydrogens is 326 g/mol. The molecule has 114 valence electrons. The molecule has 0 spiro atoms. The smallest absolute Gasteiger partial charge is 0.344 e. The summed E-state index contributed by atoms with van der Waals surface area (Å²) in [5, 5.41) is 8.82. The number of halogens is 1. The van der Waals surface area contributed by atoms with Crippen molar-refractivity contribution >= 4 is 40.8 Å². The molecule has 0 saturated carbocycles. The van der Waals surface area contributed by atoms with Gasteiger partial charge in [-0.2, -0.15) is 0 Å². The Morgan fingerprint density at radius 1 is 1.41 bits per heavy atom. The average Bonchev–Trinajstić information content (AvgIpc) is 2.91. The third kappa shape index (κ3) is 2.74. The maximum Gasteiger partial charge on any atom is 0.344 e. The summed E-state index contributed by atoms with van der Waals surface area (Å²) in [6, 6.07) is 1.56. The topological polar surface area (TPSA) is 73.6 Å². The minimum Gasteiger partial charge on any atom is -0.427 e.